The molecule has 2 aromatic carbocycles. The lowest BCUT2D eigenvalue weighted by molar-refractivity contribution is -0.136. The minimum atomic E-state index is -0.794. The van der Waals surface area contributed by atoms with Gasteiger partial charge in [-0.2, -0.15) is 0 Å². The first-order chi connectivity index (χ1) is 10.1. The normalized spacial score (nSPS) is 12.0. The monoisotopic (exact) mass is 283 g/mol. The Bertz CT molecular complexity index is 564. The van der Waals surface area contributed by atoms with Gasteiger partial charge in [0.2, 0.25) is 0 Å². The number of hydrogen-bond acceptors (Lipinski definition) is 2. The molecule has 0 fully saturated rings. The molecule has 0 saturated heterocycles. The van der Waals surface area contributed by atoms with Crippen LogP contribution in [0.5, 0.6) is 0 Å². The van der Waals surface area contributed by atoms with Crippen molar-refractivity contribution in [2.45, 2.75) is 25.8 Å². The Labute approximate surface area is 125 Å². The minimum Gasteiger partial charge on any atom is -0.481 e. The molecular weight excluding hydrogens is 262 g/mol. The van der Waals surface area contributed by atoms with Crippen LogP contribution in [0.1, 0.15) is 29.5 Å². The fraction of sp³-hybridized carbons (Fsp3) is 0.278. The number of nitrogens with one attached hydrogen (secondary N) is 1. The van der Waals surface area contributed by atoms with E-state index in [1.54, 1.807) is 0 Å². The third kappa shape index (κ3) is 5.04. The maximum Gasteiger partial charge on any atom is 0.307 e. The summed E-state index contributed by atoms with van der Waals surface area (Å²) < 4.78 is 0. The van der Waals surface area contributed by atoms with Crippen LogP contribution in [-0.4, -0.2) is 17.6 Å². The van der Waals surface area contributed by atoms with Gasteiger partial charge in [-0.25, -0.2) is 0 Å². The van der Waals surface area contributed by atoms with Gasteiger partial charge >= 0.3 is 5.97 Å². The van der Waals surface area contributed by atoms with E-state index < -0.39 is 5.97 Å². The summed E-state index contributed by atoms with van der Waals surface area (Å²) in [6.07, 6.45) is 0.0821. The molecule has 0 bridgehead atoms. The standard InChI is InChI=1S/C18H21NO2/c1-14(17-5-3-2-4-6-17)12-19-13-16-9-7-15(8-10-16)11-18(20)21/h2-10,14,19H,11-13H2,1H3,(H,20,21). The largest absolute Gasteiger partial charge is 0.481 e. The molecule has 0 aromatic heterocycles. The zero-order chi connectivity index (χ0) is 15.1. The lowest BCUT2D eigenvalue weighted by atomic mass is 10.0. The zero-order valence-electron chi connectivity index (χ0n) is 12.3. The smallest absolute Gasteiger partial charge is 0.307 e. The average molecular weight is 283 g/mol. The summed E-state index contributed by atoms with van der Waals surface area (Å²) in [5.41, 5.74) is 3.34. The molecule has 0 spiro atoms. The Morgan fingerprint density at radius 3 is 2.29 bits per heavy atom. The van der Waals surface area contributed by atoms with Gasteiger partial charge in [-0.3, -0.25) is 4.79 Å². The Morgan fingerprint density at radius 1 is 1.05 bits per heavy atom. The number of carboxylic acid groups (broad SMARTS) is 1. The summed E-state index contributed by atoms with van der Waals surface area (Å²) in [4.78, 5) is 10.6. The van der Waals surface area contributed by atoms with E-state index in [0.717, 1.165) is 18.7 Å². The van der Waals surface area contributed by atoms with Gasteiger partial charge in [-0.1, -0.05) is 61.5 Å². The average Bonchev–Trinajstić information content (AvgIpc) is 2.49. The van der Waals surface area contributed by atoms with E-state index in [1.807, 2.05) is 30.3 Å². The number of hydrogen-bond donors (Lipinski definition) is 2. The highest BCUT2D eigenvalue weighted by Gasteiger charge is 2.04. The van der Waals surface area contributed by atoms with E-state index in [9.17, 15) is 4.79 Å². The lowest BCUT2D eigenvalue weighted by Gasteiger charge is -2.13. The van der Waals surface area contributed by atoms with Crippen molar-refractivity contribution in [2.24, 2.45) is 0 Å². The van der Waals surface area contributed by atoms with Crippen molar-refractivity contribution < 1.29 is 9.90 Å². The molecule has 3 nitrogen and oxygen atoms in total. The topological polar surface area (TPSA) is 49.3 Å². The maximum absolute atomic E-state index is 10.6. The van der Waals surface area contributed by atoms with Crippen molar-refractivity contribution in [3.05, 3.63) is 71.3 Å². The summed E-state index contributed by atoms with van der Waals surface area (Å²) in [5.74, 6) is -0.324. The van der Waals surface area contributed by atoms with Gasteiger partial charge in [0.1, 0.15) is 0 Å². The number of carbonyl (C=O) groups is 1. The molecule has 0 heterocycles. The predicted molar refractivity (Wildman–Crippen MR) is 84.3 cm³/mol. The molecule has 0 aliphatic rings. The first-order valence-corrected chi connectivity index (χ1v) is 7.20. The maximum atomic E-state index is 10.6. The van der Waals surface area contributed by atoms with Crippen LogP contribution < -0.4 is 5.32 Å². The van der Waals surface area contributed by atoms with Crippen molar-refractivity contribution in [3.8, 4) is 0 Å². The molecule has 0 saturated carbocycles. The van der Waals surface area contributed by atoms with Gasteiger partial charge < -0.3 is 10.4 Å². The van der Waals surface area contributed by atoms with Crippen molar-refractivity contribution >= 4 is 5.97 Å². The van der Waals surface area contributed by atoms with Gasteiger partial charge in [-0.15, -0.1) is 0 Å². The fourth-order valence-electron chi connectivity index (χ4n) is 2.28. The number of carboxylic acids is 1. The first kappa shape index (κ1) is 15.3. The number of aliphatic carboxylic acids is 1. The van der Waals surface area contributed by atoms with E-state index in [2.05, 4.69) is 36.5 Å². The molecule has 2 rings (SSSR count). The van der Waals surface area contributed by atoms with Crippen LogP contribution >= 0.6 is 0 Å². The molecule has 0 amide bonds. The van der Waals surface area contributed by atoms with Crippen LogP contribution in [0.15, 0.2) is 54.6 Å². The van der Waals surface area contributed by atoms with Crippen LogP contribution in [0.3, 0.4) is 0 Å². The van der Waals surface area contributed by atoms with Crippen LogP contribution in [0.2, 0.25) is 0 Å². The molecule has 0 aliphatic carbocycles. The zero-order valence-corrected chi connectivity index (χ0v) is 12.3. The number of rotatable bonds is 7. The van der Waals surface area contributed by atoms with Gasteiger partial charge in [-0.05, 0) is 22.6 Å². The van der Waals surface area contributed by atoms with Crippen LogP contribution in [-0.2, 0) is 17.8 Å². The fourth-order valence-corrected chi connectivity index (χ4v) is 2.28. The molecule has 0 radical (unpaired) electrons. The van der Waals surface area contributed by atoms with E-state index in [-0.39, 0.29) is 6.42 Å². The van der Waals surface area contributed by atoms with Crippen molar-refractivity contribution in [1.82, 2.24) is 5.32 Å². The van der Waals surface area contributed by atoms with Gasteiger partial charge in [0.15, 0.2) is 0 Å². The molecule has 0 aliphatic heterocycles. The van der Waals surface area contributed by atoms with Gasteiger partial charge in [0, 0.05) is 13.1 Å². The minimum absolute atomic E-state index is 0.0821. The summed E-state index contributed by atoms with van der Waals surface area (Å²) >= 11 is 0. The summed E-state index contributed by atoms with van der Waals surface area (Å²) in [7, 11) is 0. The molecule has 21 heavy (non-hydrogen) atoms. The highest BCUT2D eigenvalue weighted by Crippen LogP contribution is 2.13. The van der Waals surface area contributed by atoms with Crippen LogP contribution in [0.25, 0.3) is 0 Å². The summed E-state index contributed by atoms with van der Waals surface area (Å²) in [6, 6.07) is 18.2. The Balaban J connectivity index is 1.79. The lowest BCUT2D eigenvalue weighted by Crippen LogP contribution is -2.19. The molecule has 1 atom stereocenters. The molecule has 110 valence electrons. The Morgan fingerprint density at radius 2 is 1.67 bits per heavy atom. The second-order valence-electron chi connectivity index (χ2n) is 5.33. The second-order valence-corrected chi connectivity index (χ2v) is 5.33. The van der Waals surface area contributed by atoms with Gasteiger partial charge in [0.05, 0.1) is 6.42 Å². The third-order valence-electron chi connectivity index (χ3n) is 3.53. The first-order valence-electron chi connectivity index (χ1n) is 7.20. The SMILES string of the molecule is CC(CNCc1ccc(CC(=O)O)cc1)c1ccccc1. The van der Waals surface area contributed by atoms with E-state index in [4.69, 9.17) is 5.11 Å². The van der Waals surface area contributed by atoms with Crippen molar-refractivity contribution in [2.75, 3.05) is 6.54 Å². The van der Waals surface area contributed by atoms with E-state index in [1.165, 1.54) is 11.1 Å². The highest BCUT2D eigenvalue weighted by atomic mass is 16.4. The Hall–Kier alpha value is -2.13. The molecule has 2 aromatic rings. The predicted octanol–water partition coefficient (Wildman–Crippen LogP) is 3.21. The number of benzene rings is 2. The summed E-state index contributed by atoms with van der Waals surface area (Å²) in [5, 5.41) is 12.2. The molecule has 2 N–H and O–H groups in total. The Kier molecular flexibility index (Phi) is 5.52. The molecular formula is C18H21NO2. The quantitative estimate of drug-likeness (QED) is 0.820. The van der Waals surface area contributed by atoms with Crippen molar-refractivity contribution in [1.29, 1.82) is 0 Å². The van der Waals surface area contributed by atoms with E-state index >= 15 is 0 Å². The molecule has 1 unspecified atom stereocenters. The van der Waals surface area contributed by atoms with Crippen LogP contribution in [0.4, 0.5) is 0 Å². The van der Waals surface area contributed by atoms with Gasteiger partial charge in [0.25, 0.3) is 0 Å². The third-order valence-corrected chi connectivity index (χ3v) is 3.53. The second kappa shape index (κ2) is 7.60. The summed E-state index contributed by atoms with van der Waals surface area (Å²) in [6.45, 7) is 3.92. The molecule has 3 heteroatoms. The van der Waals surface area contributed by atoms with Crippen molar-refractivity contribution in [3.63, 3.8) is 0 Å². The highest BCUT2D eigenvalue weighted by molar-refractivity contribution is 5.70. The van der Waals surface area contributed by atoms with E-state index in [0.29, 0.717) is 5.92 Å². The van der Waals surface area contributed by atoms with Crippen LogP contribution in [0, 0.1) is 0 Å².